The first kappa shape index (κ1) is 52.6. The minimum absolute atomic E-state index is 0.00128. The van der Waals surface area contributed by atoms with E-state index in [-0.39, 0.29) is 54.0 Å². The van der Waals surface area contributed by atoms with Gasteiger partial charge in [-0.1, -0.05) is 85.2 Å². The van der Waals surface area contributed by atoms with E-state index in [4.69, 9.17) is 15.2 Å². The fraction of sp³-hybridized carbons (Fsp3) is 0.688. The van der Waals surface area contributed by atoms with E-state index >= 15 is 0 Å². The summed E-state index contributed by atoms with van der Waals surface area (Å²) in [4.78, 5) is 48.2. The molecular weight excluding hydrogens is 787 g/mol. The summed E-state index contributed by atoms with van der Waals surface area (Å²) in [6, 6.07) is 14.3. The predicted molar refractivity (Wildman–Crippen MR) is 248 cm³/mol. The van der Waals surface area contributed by atoms with Crippen LogP contribution in [0.4, 0.5) is 11.4 Å². The molecule has 3 amide bonds. The van der Waals surface area contributed by atoms with Gasteiger partial charge in [-0.3, -0.25) is 24.2 Å². The molecule has 2 unspecified atom stereocenters. The van der Waals surface area contributed by atoms with E-state index in [1.54, 1.807) is 50.4 Å². The Hall–Kier alpha value is -3.79. The van der Waals surface area contributed by atoms with Crippen molar-refractivity contribution in [1.29, 1.82) is 0 Å². The lowest BCUT2D eigenvalue weighted by molar-refractivity contribution is -0.146. The molecule has 1 saturated heterocycles. The first-order valence-corrected chi connectivity index (χ1v) is 22.7. The lowest BCUT2D eigenvalue weighted by Crippen LogP contribution is -2.60. The van der Waals surface area contributed by atoms with Crippen LogP contribution in [-0.2, 0) is 30.3 Å². The molecule has 0 aromatic heterocycles. The molecule has 0 saturated carbocycles. The van der Waals surface area contributed by atoms with Crippen LogP contribution in [0.25, 0.3) is 0 Å². The monoisotopic (exact) mass is 868 g/mol. The standard InChI is InChI=1S/C48H81N7O7/c1-14-32(8)43(54(11)48(60)41(29(2)3)52-47(59)42(30(4)5)53(10)31(6)7)39(61-12)28-40(56)55-26-18-21-38(55)44(62-13)33(9)45(57)51-37(27-34-19-16-15-17-20-34)46(58)50-36-24-22-35(49)23-25-36/h15-17,19-20,22-25,29-33,37-44,46,50,56,58H,14,18,21,26-28,49H2,1-13H3,(H,51,57)(H,52,59)/t32-,33+,37-,38-,39+,40?,41-,42-,43-,44+,46?/m0/s1. The number of likely N-dealkylation sites (tertiary alicyclic amines) is 1. The Morgan fingerprint density at radius 2 is 1.50 bits per heavy atom. The van der Waals surface area contributed by atoms with Gasteiger partial charge in [0.25, 0.3) is 0 Å². The lowest BCUT2D eigenvalue weighted by Gasteiger charge is -2.42. The van der Waals surface area contributed by atoms with Crippen LogP contribution in [0, 0.1) is 23.7 Å². The highest BCUT2D eigenvalue weighted by Gasteiger charge is 2.44. The van der Waals surface area contributed by atoms with Gasteiger partial charge in [0.15, 0.2) is 0 Å². The molecule has 1 fully saturated rings. The van der Waals surface area contributed by atoms with E-state index in [0.717, 1.165) is 18.4 Å². The number of ether oxygens (including phenoxy) is 2. The number of likely N-dealkylation sites (N-methyl/N-ethyl adjacent to an activating group) is 2. The second kappa shape index (κ2) is 24.9. The summed E-state index contributed by atoms with van der Waals surface area (Å²) in [5.41, 5.74) is 8.08. The number of amides is 3. The molecule has 350 valence electrons. The number of hydrogen-bond donors (Lipinski definition) is 6. The number of nitrogens with zero attached hydrogens (tertiary/aromatic N) is 3. The van der Waals surface area contributed by atoms with Crippen LogP contribution in [0.1, 0.15) is 93.6 Å². The van der Waals surface area contributed by atoms with Gasteiger partial charge >= 0.3 is 0 Å². The zero-order valence-corrected chi connectivity index (χ0v) is 39.9. The number of anilines is 2. The molecule has 14 heteroatoms. The van der Waals surface area contributed by atoms with Gasteiger partial charge in [0, 0.05) is 57.7 Å². The summed E-state index contributed by atoms with van der Waals surface area (Å²) in [6.07, 6.45) is -0.396. The van der Waals surface area contributed by atoms with Gasteiger partial charge in [0.2, 0.25) is 17.7 Å². The highest BCUT2D eigenvalue weighted by atomic mass is 16.5. The van der Waals surface area contributed by atoms with Crippen molar-refractivity contribution in [3.05, 3.63) is 60.2 Å². The number of aliphatic hydroxyl groups excluding tert-OH is 2. The van der Waals surface area contributed by atoms with Gasteiger partial charge in [-0.15, -0.1) is 0 Å². The Morgan fingerprint density at radius 1 is 0.871 bits per heavy atom. The van der Waals surface area contributed by atoms with Crippen molar-refractivity contribution in [3.63, 3.8) is 0 Å². The maximum Gasteiger partial charge on any atom is 0.245 e. The quantitative estimate of drug-likeness (QED) is 0.0588. The van der Waals surface area contributed by atoms with Crippen molar-refractivity contribution in [2.24, 2.45) is 23.7 Å². The number of benzene rings is 2. The Labute approximate surface area is 372 Å². The summed E-state index contributed by atoms with van der Waals surface area (Å²) in [5, 5.41) is 32.8. The van der Waals surface area contributed by atoms with Crippen LogP contribution >= 0.6 is 0 Å². The normalized spacial score (nSPS) is 19.6. The Bertz CT molecular complexity index is 1650. The topological polar surface area (TPSA) is 182 Å². The Balaban J connectivity index is 1.81. The zero-order valence-electron chi connectivity index (χ0n) is 39.9. The number of aliphatic hydroxyl groups is 2. The van der Waals surface area contributed by atoms with Crippen molar-refractivity contribution in [3.8, 4) is 0 Å². The van der Waals surface area contributed by atoms with Crippen LogP contribution in [0.5, 0.6) is 0 Å². The van der Waals surface area contributed by atoms with Gasteiger partial charge in [0.1, 0.15) is 18.5 Å². The fourth-order valence-corrected chi connectivity index (χ4v) is 9.01. The molecule has 14 nitrogen and oxygen atoms in total. The number of nitrogen functional groups attached to an aromatic ring is 1. The molecule has 0 bridgehead atoms. The third-order valence-corrected chi connectivity index (χ3v) is 13.0. The maximum absolute atomic E-state index is 14.5. The number of nitrogens with two attached hydrogens (primary N) is 1. The fourth-order valence-electron chi connectivity index (χ4n) is 9.01. The van der Waals surface area contributed by atoms with E-state index in [1.807, 2.05) is 95.6 Å². The zero-order chi connectivity index (χ0) is 46.4. The second-order valence-corrected chi connectivity index (χ2v) is 18.4. The Morgan fingerprint density at radius 3 is 2.03 bits per heavy atom. The van der Waals surface area contributed by atoms with Crippen molar-refractivity contribution < 1.29 is 34.1 Å². The van der Waals surface area contributed by atoms with Crippen molar-refractivity contribution in [2.45, 2.75) is 155 Å². The molecule has 0 radical (unpaired) electrons. The van der Waals surface area contributed by atoms with Crippen LogP contribution < -0.4 is 21.7 Å². The average molecular weight is 868 g/mol. The van der Waals surface area contributed by atoms with Gasteiger partial charge in [0.05, 0.1) is 36.3 Å². The van der Waals surface area contributed by atoms with Crippen LogP contribution in [-0.4, -0.2) is 138 Å². The molecule has 2 aromatic carbocycles. The number of hydrogen-bond acceptors (Lipinski definition) is 11. The number of nitrogens with one attached hydrogen (secondary N) is 3. The number of carbonyl (C=O) groups is 3. The summed E-state index contributed by atoms with van der Waals surface area (Å²) >= 11 is 0. The van der Waals surface area contributed by atoms with Crippen LogP contribution in [0.2, 0.25) is 0 Å². The Kier molecular flexibility index (Phi) is 21.1. The molecule has 0 spiro atoms. The van der Waals surface area contributed by atoms with Crippen molar-refractivity contribution in [1.82, 2.24) is 25.3 Å². The highest BCUT2D eigenvalue weighted by molar-refractivity contribution is 5.90. The van der Waals surface area contributed by atoms with Gasteiger partial charge in [-0.2, -0.15) is 0 Å². The van der Waals surface area contributed by atoms with Gasteiger partial charge in [-0.25, -0.2) is 0 Å². The maximum atomic E-state index is 14.5. The predicted octanol–water partition coefficient (Wildman–Crippen LogP) is 4.94. The van der Waals surface area contributed by atoms with Crippen LogP contribution in [0.15, 0.2) is 54.6 Å². The first-order chi connectivity index (χ1) is 29.3. The van der Waals surface area contributed by atoms with Gasteiger partial charge in [-0.05, 0) is 87.7 Å². The van der Waals surface area contributed by atoms with Crippen molar-refractivity contribution in [2.75, 3.05) is 45.9 Å². The number of methoxy groups -OCH3 is 2. The molecule has 1 aliphatic heterocycles. The van der Waals surface area contributed by atoms with E-state index < -0.39 is 54.7 Å². The number of carbonyl (C=O) groups excluding carboxylic acids is 3. The smallest absolute Gasteiger partial charge is 0.245 e. The van der Waals surface area contributed by atoms with E-state index in [9.17, 15) is 24.6 Å². The third kappa shape index (κ3) is 14.1. The van der Waals surface area contributed by atoms with E-state index in [2.05, 4.69) is 29.8 Å². The molecular formula is C48H81N7O7. The van der Waals surface area contributed by atoms with Gasteiger partial charge < -0.3 is 46.3 Å². The lowest BCUT2D eigenvalue weighted by atomic mass is 9.89. The highest BCUT2D eigenvalue weighted by Crippen LogP contribution is 2.31. The molecule has 11 atom stereocenters. The van der Waals surface area contributed by atoms with Crippen molar-refractivity contribution >= 4 is 29.1 Å². The molecule has 0 aliphatic carbocycles. The summed E-state index contributed by atoms with van der Waals surface area (Å²) < 4.78 is 12.2. The second-order valence-electron chi connectivity index (χ2n) is 18.4. The summed E-state index contributed by atoms with van der Waals surface area (Å²) in [5.74, 6) is -1.46. The van der Waals surface area contributed by atoms with E-state index in [1.165, 1.54) is 0 Å². The minimum Gasteiger partial charge on any atom is -0.399 e. The molecule has 62 heavy (non-hydrogen) atoms. The molecule has 1 aliphatic rings. The third-order valence-electron chi connectivity index (χ3n) is 13.0. The minimum atomic E-state index is -1.12. The largest absolute Gasteiger partial charge is 0.399 e. The molecule has 1 heterocycles. The summed E-state index contributed by atoms with van der Waals surface area (Å²) in [6.45, 7) is 18.6. The average Bonchev–Trinajstić information content (AvgIpc) is 3.72. The summed E-state index contributed by atoms with van der Waals surface area (Å²) in [7, 11) is 6.90. The molecule has 2 aromatic rings. The first-order valence-electron chi connectivity index (χ1n) is 22.7. The van der Waals surface area contributed by atoms with Crippen LogP contribution in [0.3, 0.4) is 0 Å². The SMILES string of the molecule is CC[C@H](C)[C@@H]([C@@H](CC(O)N1CCC[C@H]1[C@H](OC)[C@@H](C)C(=O)N[C@@H](Cc1ccccc1)C(O)Nc1ccc(N)cc1)OC)N(C)C(=O)[C@@H](NC(=O)[C@H](C(C)C)N(C)C(C)C)C(C)C. The molecule has 7 N–H and O–H groups in total. The molecule has 3 rings (SSSR count). The number of rotatable bonds is 25. The van der Waals surface area contributed by atoms with E-state index in [0.29, 0.717) is 30.8 Å².